The van der Waals surface area contributed by atoms with E-state index in [1.165, 1.54) is 28.9 Å². The molecular formula is C37H47N11O10. The van der Waals surface area contributed by atoms with Gasteiger partial charge in [-0.15, -0.1) is 6.42 Å². The maximum Gasteiger partial charge on any atom is 0.413 e. The summed E-state index contributed by atoms with van der Waals surface area (Å²) in [5, 5.41) is 10.3. The molecule has 0 unspecified atom stereocenters. The largest absolute Gasteiger partial charge is 0.468 e. The molecule has 0 aliphatic carbocycles. The number of carbonyl (C=O) groups excluding carboxylic acids is 7. The Balaban J connectivity index is 1.62. The van der Waals surface area contributed by atoms with Crippen molar-refractivity contribution in [2.24, 2.45) is 5.73 Å². The number of esters is 1. The number of amides is 6. The molecule has 310 valence electrons. The van der Waals surface area contributed by atoms with E-state index in [-0.39, 0.29) is 68.4 Å². The van der Waals surface area contributed by atoms with Crippen LogP contribution in [0.15, 0.2) is 48.7 Å². The number of ether oxygens (including phenoxy) is 3. The van der Waals surface area contributed by atoms with Crippen LogP contribution in [-0.4, -0.2) is 130 Å². The molecular weight excluding hydrogens is 758 g/mol. The number of aromatic nitrogens is 4. The Morgan fingerprint density at radius 2 is 1.60 bits per heavy atom. The minimum atomic E-state index is -0.813. The molecule has 1 aromatic carbocycles. The monoisotopic (exact) mass is 805 g/mol. The van der Waals surface area contributed by atoms with Gasteiger partial charge in [-0.05, 0) is 45.4 Å². The standard InChI is InChI=1S/C37H47N11O10/c1-7-25-8-10-26(11-9-25)21-57-36(55)45-33-31-34(43-22-42-33)48(23-44-31)19-29(51)47(20-30(52)56-6)14-12-40-27(49)18-46(15-13-41-35(54)58-37(3,4)5)28(50)17-39-16-24(2)32(38)53/h1,8-11,16,22-23,39H,12-15,17-21H2,2-6H3,(H2,38,53)(H,40,49)(H,41,54)(H,42,43,45,55)/b24-16-. The maximum absolute atomic E-state index is 13.5. The van der Waals surface area contributed by atoms with E-state index in [1.807, 2.05) is 0 Å². The summed E-state index contributed by atoms with van der Waals surface area (Å²) in [5.41, 5.74) is 6.37. The molecule has 58 heavy (non-hydrogen) atoms. The average molecular weight is 806 g/mol. The van der Waals surface area contributed by atoms with Gasteiger partial charge in [0.2, 0.25) is 23.6 Å². The minimum Gasteiger partial charge on any atom is -0.468 e. The molecule has 2 heterocycles. The van der Waals surface area contributed by atoms with E-state index in [0.717, 1.165) is 18.3 Å². The quantitative estimate of drug-likeness (QED) is 0.0462. The molecule has 0 fully saturated rings. The Bertz CT molecular complexity index is 2030. The van der Waals surface area contributed by atoms with Crippen LogP contribution in [0.25, 0.3) is 11.2 Å². The number of primary amides is 1. The lowest BCUT2D eigenvalue weighted by Gasteiger charge is -2.25. The van der Waals surface area contributed by atoms with Gasteiger partial charge in [0.05, 0.1) is 26.5 Å². The fraction of sp³-hybridized carbons (Fsp3) is 0.405. The van der Waals surface area contributed by atoms with Gasteiger partial charge in [0, 0.05) is 43.5 Å². The van der Waals surface area contributed by atoms with Crippen molar-refractivity contribution in [2.75, 3.05) is 58.2 Å². The second-order valence-corrected chi connectivity index (χ2v) is 13.4. The number of imidazole rings is 1. The number of fused-ring (bicyclic) bond motifs is 1. The zero-order valence-electron chi connectivity index (χ0n) is 32.8. The molecule has 0 spiro atoms. The van der Waals surface area contributed by atoms with Gasteiger partial charge < -0.3 is 50.3 Å². The van der Waals surface area contributed by atoms with Crippen molar-refractivity contribution >= 4 is 58.8 Å². The molecule has 3 rings (SSSR count). The van der Waals surface area contributed by atoms with Gasteiger partial charge in [-0.1, -0.05) is 18.1 Å². The molecule has 21 heteroatoms. The van der Waals surface area contributed by atoms with Crippen LogP contribution < -0.4 is 27.0 Å². The van der Waals surface area contributed by atoms with E-state index in [4.69, 9.17) is 26.4 Å². The highest BCUT2D eigenvalue weighted by Crippen LogP contribution is 2.18. The van der Waals surface area contributed by atoms with Gasteiger partial charge in [-0.25, -0.2) is 24.5 Å². The van der Waals surface area contributed by atoms with Gasteiger partial charge in [0.15, 0.2) is 17.0 Å². The lowest BCUT2D eigenvalue weighted by Crippen LogP contribution is -2.48. The highest BCUT2D eigenvalue weighted by Gasteiger charge is 2.23. The van der Waals surface area contributed by atoms with Gasteiger partial charge in [-0.3, -0.25) is 29.3 Å². The lowest BCUT2D eigenvalue weighted by molar-refractivity contribution is -0.147. The summed E-state index contributed by atoms with van der Waals surface area (Å²) < 4.78 is 16.6. The average Bonchev–Trinajstić information content (AvgIpc) is 3.58. The van der Waals surface area contributed by atoms with Crippen molar-refractivity contribution in [1.82, 2.24) is 45.3 Å². The van der Waals surface area contributed by atoms with Crippen molar-refractivity contribution in [2.45, 2.75) is 46.4 Å². The van der Waals surface area contributed by atoms with E-state index in [0.29, 0.717) is 11.1 Å². The number of nitrogens with zero attached hydrogens (tertiary/aromatic N) is 6. The van der Waals surface area contributed by atoms with Gasteiger partial charge in [0.1, 0.15) is 31.6 Å². The van der Waals surface area contributed by atoms with Crippen LogP contribution in [0, 0.1) is 12.3 Å². The first-order valence-electron chi connectivity index (χ1n) is 17.7. The number of nitrogens with one attached hydrogen (secondary N) is 4. The van der Waals surface area contributed by atoms with Crippen molar-refractivity contribution in [1.29, 1.82) is 0 Å². The van der Waals surface area contributed by atoms with Crippen molar-refractivity contribution in [3.8, 4) is 12.3 Å². The number of hydrogen-bond acceptors (Lipinski definition) is 14. The third-order valence-electron chi connectivity index (χ3n) is 7.72. The molecule has 6 N–H and O–H groups in total. The lowest BCUT2D eigenvalue weighted by atomic mass is 10.1. The smallest absolute Gasteiger partial charge is 0.413 e. The Morgan fingerprint density at radius 3 is 2.24 bits per heavy atom. The number of benzene rings is 1. The van der Waals surface area contributed by atoms with Crippen molar-refractivity contribution in [3.05, 3.63) is 59.8 Å². The summed E-state index contributed by atoms with van der Waals surface area (Å²) in [6.45, 7) is 4.54. The number of rotatable bonds is 19. The first-order valence-corrected chi connectivity index (χ1v) is 17.7. The summed E-state index contributed by atoms with van der Waals surface area (Å²) in [6.07, 6.45) is 7.58. The molecule has 0 saturated heterocycles. The number of methoxy groups -OCH3 is 1. The minimum absolute atomic E-state index is 0.0270. The Morgan fingerprint density at radius 1 is 0.931 bits per heavy atom. The third kappa shape index (κ3) is 15.1. The SMILES string of the molecule is C#Cc1ccc(COC(=O)Nc2ncnc3c2ncn3CC(=O)N(CCNC(=O)CN(CCNC(=O)OC(C)(C)C)C(=O)CN/C=C(/C)C(N)=O)CC(=O)OC)cc1. The fourth-order valence-electron chi connectivity index (χ4n) is 4.76. The van der Waals surface area contributed by atoms with Crippen molar-refractivity contribution < 1.29 is 47.8 Å². The molecule has 2 aromatic heterocycles. The zero-order valence-corrected chi connectivity index (χ0v) is 32.8. The van der Waals surface area contributed by atoms with E-state index >= 15 is 0 Å². The maximum atomic E-state index is 13.5. The first kappa shape index (κ1) is 45.2. The van der Waals surface area contributed by atoms with Crippen LogP contribution >= 0.6 is 0 Å². The predicted octanol–water partition coefficient (Wildman–Crippen LogP) is 0.00610. The number of hydrogen-bond donors (Lipinski definition) is 5. The highest BCUT2D eigenvalue weighted by molar-refractivity contribution is 5.94. The molecule has 0 atom stereocenters. The Kier molecular flexibility index (Phi) is 16.9. The van der Waals surface area contributed by atoms with Crippen LogP contribution in [0.4, 0.5) is 15.4 Å². The Labute approximate surface area is 334 Å². The Hall–Kier alpha value is -7.24. The van der Waals surface area contributed by atoms with Gasteiger partial charge >= 0.3 is 18.2 Å². The second kappa shape index (κ2) is 21.7. The number of nitrogens with two attached hydrogens (primary N) is 1. The van der Waals surface area contributed by atoms with E-state index in [1.54, 1.807) is 45.0 Å². The van der Waals surface area contributed by atoms with Crippen LogP contribution in [0.5, 0.6) is 0 Å². The van der Waals surface area contributed by atoms with E-state index in [2.05, 4.69) is 42.1 Å². The summed E-state index contributed by atoms with van der Waals surface area (Å²) in [5.74, 6) is -0.613. The van der Waals surface area contributed by atoms with Crippen LogP contribution in [0.1, 0.15) is 38.8 Å². The molecule has 6 amide bonds. The number of alkyl carbamates (subject to hydrolysis) is 1. The second-order valence-electron chi connectivity index (χ2n) is 13.4. The number of carbonyl (C=O) groups is 7. The number of anilines is 1. The van der Waals surface area contributed by atoms with Crippen LogP contribution in [0.2, 0.25) is 0 Å². The molecule has 21 nitrogen and oxygen atoms in total. The van der Waals surface area contributed by atoms with Gasteiger partial charge in [-0.2, -0.15) is 0 Å². The summed E-state index contributed by atoms with van der Waals surface area (Å²) in [7, 11) is 1.16. The van der Waals surface area contributed by atoms with Crippen molar-refractivity contribution in [3.63, 3.8) is 0 Å². The third-order valence-corrected chi connectivity index (χ3v) is 7.72. The summed E-state index contributed by atoms with van der Waals surface area (Å²) >= 11 is 0. The van der Waals surface area contributed by atoms with E-state index < -0.39 is 60.5 Å². The summed E-state index contributed by atoms with van der Waals surface area (Å²) in [4.78, 5) is 103. The molecule has 0 radical (unpaired) electrons. The molecule has 0 aliphatic heterocycles. The van der Waals surface area contributed by atoms with Crippen LogP contribution in [0.3, 0.4) is 0 Å². The molecule has 0 aliphatic rings. The highest BCUT2D eigenvalue weighted by atomic mass is 16.6. The first-order chi connectivity index (χ1) is 27.5. The number of terminal acetylenes is 1. The predicted molar refractivity (Wildman–Crippen MR) is 207 cm³/mol. The molecule has 0 saturated carbocycles. The fourth-order valence-corrected chi connectivity index (χ4v) is 4.76. The van der Waals surface area contributed by atoms with Gasteiger partial charge in [0.25, 0.3) is 0 Å². The zero-order chi connectivity index (χ0) is 42.8. The normalized spacial score (nSPS) is 11.1. The molecule has 3 aromatic rings. The van der Waals surface area contributed by atoms with Crippen LogP contribution in [-0.2, 0) is 51.3 Å². The summed E-state index contributed by atoms with van der Waals surface area (Å²) in [6, 6.07) is 6.89. The van der Waals surface area contributed by atoms with E-state index in [9.17, 15) is 33.6 Å². The topological polar surface area (TPSA) is 271 Å². The molecule has 0 bridgehead atoms.